The zero-order valence-corrected chi connectivity index (χ0v) is 21.0. The molecule has 0 aliphatic heterocycles. The summed E-state index contributed by atoms with van der Waals surface area (Å²) in [5, 5.41) is 3.42. The van der Waals surface area contributed by atoms with Crippen molar-refractivity contribution in [2.45, 2.75) is 19.1 Å². The Morgan fingerprint density at radius 3 is 2.29 bits per heavy atom. The Hall–Kier alpha value is -3.27. The first-order valence-electron chi connectivity index (χ1n) is 10.8. The van der Waals surface area contributed by atoms with E-state index in [1.165, 1.54) is 11.9 Å². The summed E-state index contributed by atoms with van der Waals surface area (Å²) in [6, 6.07) is 18.4. The number of hydrogen-bond acceptors (Lipinski definition) is 5. The molecule has 1 atom stereocenters. The van der Waals surface area contributed by atoms with Crippen molar-refractivity contribution in [3.8, 4) is 0 Å². The molecule has 0 spiro atoms. The average Bonchev–Trinajstić information content (AvgIpc) is 2.84. The molecule has 0 radical (unpaired) electrons. The molecule has 1 heterocycles. The monoisotopic (exact) mass is 514 g/mol. The summed E-state index contributed by atoms with van der Waals surface area (Å²) < 4.78 is 24.9. The van der Waals surface area contributed by atoms with Gasteiger partial charge < -0.3 is 10.2 Å². The van der Waals surface area contributed by atoms with Gasteiger partial charge in [0.25, 0.3) is 0 Å². The summed E-state index contributed by atoms with van der Waals surface area (Å²) in [5.74, 6) is -0.914. The number of likely N-dealkylation sites (N-methyl/N-ethyl adjacent to an activating group) is 1. The summed E-state index contributed by atoms with van der Waals surface area (Å²) in [4.78, 5) is 32.4. The highest BCUT2D eigenvalue weighted by Gasteiger charge is 2.32. The molecule has 0 unspecified atom stereocenters. The number of rotatable bonds is 10. The van der Waals surface area contributed by atoms with E-state index in [1.54, 1.807) is 67.0 Å². The third kappa shape index (κ3) is 7.61. The fraction of sp³-hybridized carbons (Fsp3) is 0.240. The lowest BCUT2D eigenvalue weighted by atomic mass is 10.0. The normalized spacial score (nSPS) is 12.2. The fourth-order valence-electron chi connectivity index (χ4n) is 3.41. The summed E-state index contributed by atoms with van der Waals surface area (Å²) in [6.07, 6.45) is 4.32. The molecule has 0 aliphatic carbocycles. The Morgan fingerprint density at radius 1 is 1.00 bits per heavy atom. The molecule has 0 fully saturated rings. The lowest BCUT2D eigenvalue weighted by molar-refractivity contribution is -0.141. The molecular weight excluding hydrogens is 488 g/mol. The number of carbonyl (C=O) groups excluding carboxylic acids is 2. The maximum absolute atomic E-state index is 13.5. The van der Waals surface area contributed by atoms with Crippen LogP contribution in [0.25, 0.3) is 0 Å². The van der Waals surface area contributed by atoms with Crippen molar-refractivity contribution in [2.75, 3.05) is 19.8 Å². The smallest absolute Gasteiger partial charge is 0.247 e. The van der Waals surface area contributed by atoms with Crippen molar-refractivity contribution in [3.63, 3.8) is 0 Å². The minimum absolute atomic E-state index is 0.0769. The number of carbonyl (C=O) groups is 2. The van der Waals surface area contributed by atoms with Crippen molar-refractivity contribution in [2.24, 2.45) is 0 Å². The molecule has 0 saturated heterocycles. The minimum Gasteiger partial charge on any atom is -0.350 e. The topological polar surface area (TPSA) is 99.7 Å². The van der Waals surface area contributed by atoms with Crippen molar-refractivity contribution in [1.29, 1.82) is 0 Å². The van der Waals surface area contributed by atoms with Crippen LogP contribution in [0.5, 0.6) is 0 Å². The highest BCUT2D eigenvalue weighted by Crippen LogP contribution is 2.25. The van der Waals surface area contributed by atoms with Gasteiger partial charge in [-0.1, -0.05) is 60.1 Å². The van der Waals surface area contributed by atoms with Gasteiger partial charge in [-0.2, -0.15) is 4.31 Å². The van der Waals surface area contributed by atoms with Crippen molar-refractivity contribution >= 4 is 33.4 Å². The van der Waals surface area contributed by atoms with Gasteiger partial charge in [-0.05, 0) is 34.9 Å². The zero-order chi connectivity index (χ0) is 25.4. The second kappa shape index (κ2) is 11.9. The molecule has 2 aromatic carbocycles. The van der Waals surface area contributed by atoms with E-state index in [0.29, 0.717) is 10.6 Å². The molecule has 0 bridgehead atoms. The molecule has 3 rings (SSSR count). The van der Waals surface area contributed by atoms with E-state index in [2.05, 4.69) is 10.3 Å². The number of sulfonamides is 1. The van der Waals surface area contributed by atoms with Gasteiger partial charge >= 0.3 is 0 Å². The van der Waals surface area contributed by atoms with Crippen LogP contribution in [-0.4, -0.2) is 54.3 Å². The number of nitrogens with one attached hydrogen (secondary N) is 1. The molecule has 0 aliphatic rings. The van der Waals surface area contributed by atoms with Crippen molar-refractivity contribution in [3.05, 3.63) is 101 Å². The number of amides is 2. The van der Waals surface area contributed by atoms with Gasteiger partial charge in [0.2, 0.25) is 21.8 Å². The Bertz CT molecular complexity index is 1240. The third-order valence-corrected chi connectivity index (χ3v) is 6.89. The van der Waals surface area contributed by atoms with Gasteiger partial charge in [-0.15, -0.1) is 0 Å². The van der Waals surface area contributed by atoms with Crippen molar-refractivity contribution < 1.29 is 18.0 Å². The molecule has 8 nitrogen and oxygen atoms in total. The standard InChI is InChI=1S/C25H27ClN4O4S/c1-29(35(2,33)34)18-23(31)30(17-19-10-12-22(26)13-11-19)24(21-8-4-3-5-9-21)25(32)28-16-20-7-6-14-27-15-20/h3-15,24H,16-18H2,1-2H3,(H,28,32)/t24-/m1/s1. The molecular formula is C25H27ClN4O4S. The number of nitrogens with zero attached hydrogens (tertiary/aromatic N) is 3. The quantitative estimate of drug-likeness (QED) is 0.448. The fourth-order valence-corrected chi connectivity index (χ4v) is 3.88. The highest BCUT2D eigenvalue weighted by molar-refractivity contribution is 7.88. The van der Waals surface area contributed by atoms with E-state index >= 15 is 0 Å². The van der Waals surface area contributed by atoms with Crippen LogP contribution in [0.1, 0.15) is 22.7 Å². The number of aromatic nitrogens is 1. The van der Waals surface area contributed by atoms with Crippen LogP contribution in [0.3, 0.4) is 0 Å². The average molecular weight is 515 g/mol. The van der Waals surface area contributed by atoms with Crippen LogP contribution in [0.4, 0.5) is 0 Å². The van der Waals surface area contributed by atoms with E-state index in [0.717, 1.165) is 21.7 Å². The first-order chi connectivity index (χ1) is 16.6. The highest BCUT2D eigenvalue weighted by atomic mass is 35.5. The summed E-state index contributed by atoms with van der Waals surface area (Å²) in [7, 11) is -2.28. The van der Waals surface area contributed by atoms with Crippen molar-refractivity contribution in [1.82, 2.24) is 19.5 Å². The van der Waals surface area contributed by atoms with E-state index in [-0.39, 0.29) is 13.1 Å². The Labute approximate surface area is 210 Å². The van der Waals surface area contributed by atoms with Crippen LogP contribution in [0.15, 0.2) is 79.1 Å². The Kier molecular flexibility index (Phi) is 8.97. The zero-order valence-electron chi connectivity index (χ0n) is 19.5. The first-order valence-corrected chi connectivity index (χ1v) is 13.0. The number of hydrogen-bond donors (Lipinski definition) is 1. The van der Waals surface area contributed by atoms with Crippen LogP contribution < -0.4 is 5.32 Å². The van der Waals surface area contributed by atoms with Gasteiger partial charge in [0.15, 0.2) is 0 Å². The Morgan fingerprint density at radius 2 is 1.69 bits per heavy atom. The van der Waals surface area contributed by atoms with E-state index in [4.69, 9.17) is 11.6 Å². The van der Waals surface area contributed by atoms with Crippen LogP contribution in [-0.2, 0) is 32.7 Å². The molecule has 35 heavy (non-hydrogen) atoms. The second-order valence-electron chi connectivity index (χ2n) is 8.06. The first kappa shape index (κ1) is 26.3. The predicted molar refractivity (Wildman–Crippen MR) is 135 cm³/mol. The maximum Gasteiger partial charge on any atom is 0.247 e. The van der Waals surface area contributed by atoms with Gasteiger partial charge in [-0.3, -0.25) is 14.6 Å². The molecule has 1 aromatic heterocycles. The lowest BCUT2D eigenvalue weighted by Gasteiger charge is -2.32. The van der Waals surface area contributed by atoms with E-state index in [9.17, 15) is 18.0 Å². The number of halogens is 1. The van der Waals surface area contributed by atoms with Crippen LogP contribution in [0, 0.1) is 0 Å². The predicted octanol–water partition coefficient (Wildman–Crippen LogP) is 3.01. The number of pyridine rings is 1. The lowest BCUT2D eigenvalue weighted by Crippen LogP contribution is -2.47. The largest absolute Gasteiger partial charge is 0.350 e. The molecule has 3 aromatic rings. The minimum atomic E-state index is -3.61. The molecule has 1 N–H and O–H groups in total. The third-order valence-electron chi connectivity index (χ3n) is 5.38. The van der Waals surface area contributed by atoms with E-state index < -0.39 is 34.4 Å². The molecule has 0 saturated carbocycles. The van der Waals surface area contributed by atoms with Gasteiger partial charge in [0.05, 0.1) is 12.8 Å². The molecule has 10 heteroatoms. The van der Waals surface area contributed by atoms with Gasteiger partial charge in [0.1, 0.15) is 6.04 Å². The van der Waals surface area contributed by atoms with E-state index in [1.807, 2.05) is 12.1 Å². The summed E-state index contributed by atoms with van der Waals surface area (Å²) in [5.41, 5.74) is 2.14. The van der Waals surface area contributed by atoms with Crippen LogP contribution in [0.2, 0.25) is 5.02 Å². The van der Waals surface area contributed by atoms with Crippen LogP contribution >= 0.6 is 11.6 Å². The maximum atomic E-state index is 13.5. The van der Waals surface area contributed by atoms with Gasteiger partial charge in [0, 0.05) is 37.6 Å². The Balaban J connectivity index is 1.97. The SMILES string of the molecule is CN(CC(=O)N(Cc1ccc(Cl)cc1)[C@@H](C(=O)NCc1cccnc1)c1ccccc1)S(C)(=O)=O. The number of benzene rings is 2. The summed E-state index contributed by atoms with van der Waals surface area (Å²) >= 11 is 6.02. The second-order valence-corrected chi connectivity index (χ2v) is 10.6. The summed E-state index contributed by atoms with van der Waals surface area (Å²) in [6.45, 7) is -0.110. The van der Waals surface area contributed by atoms with Gasteiger partial charge in [-0.25, -0.2) is 8.42 Å². The molecule has 184 valence electrons. The molecule has 2 amide bonds.